The minimum Gasteiger partial charge on any atom is -0.490 e. The summed E-state index contributed by atoms with van der Waals surface area (Å²) in [4.78, 5) is 7.95. The number of ether oxygens (including phenoxy) is 1. The number of nitrogens with one attached hydrogen (secondary N) is 1. The summed E-state index contributed by atoms with van der Waals surface area (Å²) in [5, 5.41) is 3.34. The molecule has 8 heteroatoms. The highest BCUT2D eigenvalue weighted by Gasteiger charge is 2.35. The summed E-state index contributed by atoms with van der Waals surface area (Å²) in [5.41, 5.74) is 0. The highest BCUT2D eigenvalue weighted by molar-refractivity contribution is 5.80. The Hall–Kier alpha value is -1.96. The number of benzene rings is 1. The maximum Gasteiger partial charge on any atom is 0.401 e. The molecule has 1 atom stereocenters. The van der Waals surface area contributed by atoms with Crippen molar-refractivity contribution in [3.05, 3.63) is 30.3 Å². The van der Waals surface area contributed by atoms with Crippen LogP contribution >= 0.6 is 0 Å². The van der Waals surface area contributed by atoms with Crippen LogP contribution in [0.5, 0.6) is 5.75 Å². The third-order valence-electron chi connectivity index (χ3n) is 5.01. The SMILES string of the molecule is CN=C(NC1CCN(CC(F)(F)F)C1)N1CCC(Oc2ccccc2)CC1. The Kier molecular flexibility index (Phi) is 6.46. The Labute approximate surface area is 158 Å². The van der Waals surface area contributed by atoms with Crippen LogP contribution in [0.2, 0.25) is 0 Å². The monoisotopic (exact) mass is 384 g/mol. The highest BCUT2D eigenvalue weighted by Crippen LogP contribution is 2.21. The van der Waals surface area contributed by atoms with E-state index in [4.69, 9.17) is 4.74 Å². The Morgan fingerprint density at radius 1 is 1.15 bits per heavy atom. The summed E-state index contributed by atoms with van der Waals surface area (Å²) in [6.07, 6.45) is -1.49. The van der Waals surface area contributed by atoms with Gasteiger partial charge in [0.2, 0.25) is 0 Å². The second-order valence-corrected chi connectivity index (χ2v) is 7.14. The molecule has 150 valence electrons. The number of likely N-dealkylation sites (tertiary alicyclic amines) is 2. The zero-order chi connectivity index (χ0) is 19.3. The van der Waals surface area contributed by atoms with E-state index in [1.807, 2.05) is 30.3 Å². The molecule has 0 bridgehead atoms. The van der Waals surface area contributed by atoms with Crippen molar-refractivity contribution in [3.8, 4) is 5.75 Å². The third kappa shape index (κ3) is 6.02. The fourth-order valence-corrected chi connectivity index (χ4v) is 3.70. The first-order valence-corrected chi connectivity index (χ1v) is 9.42. The van der Waals surface area contributed by atoms with Crippen molar-refractivity contribution in [2.75, 3.05) is 39.8 Å². The number of rotatable bonds is 4. The number of alkyl halides is 3. The molecule has 5 nitrogen and oxygen atoms in total. The van der Waals surface area contributed by atoms with E-state index in [9.17, 15) is 13.2 Å². The van der Waals surface area contributed by atoms with Crippen molar-refractivity contribution in [1.29, 1.82) is 0 Å². The predicted molar refractivity (Wildman–Crippen MR) is 99.1 cm³/mol. The summed E-state index contributed by atoms with van der Waals surface area (Å²) in [5.74, 6) is 1.65. The summed E-state index contributed by atoms with van der Waals surface area (Å²) in [6, 6.07) is 9.80. The van der Waals surface area contributed by atoms with Gasteiger partial charge in [0, 0.05) is 52.1 Å². The van der Waals surface area contributed by atoms with Gasteiger partial charge in [-0.1, -0.05) is 18.2 Å². The predicted octanol–water partition coefficient (Wildman–Crippen LogP) is 2.74. The number of nitrogens with zero attached hydrogens (tertiary/aromatic N) is 3. The van der Waals surface area contributed by atoms with E-state index in [2.05, 4.69) is 15.2 Å². The lowest BCUT2D eigenvalue weighted by molar-refractivity contribution is -0.143. The van der Waals surface area contributed by atoms with Gasteiger partial charge in [0.05, 0.1) is 6.54 Å². The van der Waals surface area contributed by atoms with Crippen LogP contribution in [0.4, 0.5) is 13.2 Å². The summed E-state index contributed by atoms with van der Waals surface area (Å²) < 4.78 is 43.6. The van der Waals surface area contributed by atoms with Crippen LogP contribution in [-0.2, 0) is 0 Å². The number of piperidine rings is 1. The molecule has 2 heterocycles. The van der Waals surface area contributed by atoms with Crippen molar-refractivity contribution in [3.63, 3.8) is 0 Å². The zero-order valence-electron chi connectivity index (χ0n) is 15.6. The van der Waals surface area contributed by atoms with Gasteiger partial charge in [0.1, 0.15) is 11.9 Å². The van der Waals surface area contributed by atoms with E-state index in [0.29, 0.717) is 19.5 Å². The molecule has 0 spiro atoms. The zero-order valence-corrected chi connectivity index (χ0v) is 15.6. The normalized spacial score (nSPS) is 22.9. The summed E-state index contributed by atoms with van der Waals surface area (Å²) in [7, 11) is 1.72. The Morgan fingerprint density at radius 3 is 2.48 bits per heavy atom. The molecular weight excluding hydrogens is 357 g/mol. The first-order chi connectivity index (χ1) is 12.9. The Morgan fingerprint density at radius 2 is 1.85 bits per heavy atom. The average molecular weight is 384 g/mol. The van der Waals surface area contributed by atoms with E-state index in [1.54, 1.807) is 7.05 Å². The minimum absolute atomic E-state index is 0.00402. The van der Waals surface area contributed by atoms with Gasteiger partial charge in [0.25, 0.3) is 0 Å². The molecule has 2 fully saturated rings. The highest BCUT2D eigenvalue weighted by atomic mass is 19.4. The van der Waals surface area contributed by atoms with Crippen molar-refractivity contribution in [2.24, 2.45) is 4.99 Å². The minimum atomic E-state index is -4.14. The number of aliphatic imine (C=N–C) groups is 1. The van der Waals surface area contributed by atoms with Gasteiger partial charge >= 0.3 is 6.18 Å². The van der Waals surface area contributed by atoms with Gasteiger partial charge < -0.3 is 15.0 Å². The molecule has 0 amide bonds. The molecule has 1 aromatic rings. The molecule has 27 heavy (non-hydrogen) atoms. The van der Waals surface area contributed by atoms with Crippen LogP contribution in [0.15, 0.2) is 35.3 Å². The summed E-state index contributed by atoms with van der Waals surface area (Å²) >= 11 is 0. The Bertz CT molecular complexity index is 615. The van der Waals surface area contributed by atoms with Gasteiger partial charge in [-0.25, -0.2) is 0 Å². The van der Waals surface area contributed by atoms with Crippen LogP contribution in [0.3, 0.4) is 0 Å². The van der Waals surface area contributed by atoms with E-state index >= 15 is 0 Å². The largest absolute Gasteiger partial charge is 0.490 e. The van der Waals surface area contributed by atoms with E-state index in [0.717, 1.165) is 37.6 Å². The average Bonchev–Trinajstić information content (AvgIpc) is 3.06. The van der Waals surface area contributed by atoms with Gasteiger partial charge in [-0.2, -0.15) is 13.2 Å². The second-order valence-electron chi connectivity index (χ2n) is 7.14. The number of hydrogen-bond donors (Lipinski definition) is 1. The maximum atomic E-state index is 12.5. The lowest BCUT2D eigenvalue weighted by atomic mass is 10.1. The Balaban J connectivity index is 1.44. The third-order valence-corrected chi connectivity index (χ3v) is 5.01. The van der Waals surface area contributed by atoms with Crippen molar-refractivity contribution in [2.45, 2.75) is 37.6 Å². The fraction of sp³-hybridized carbons (Fsp3) is 0.632. The summed E-state index contributed by atoms with van der Waals surface area (Å²) in [6.45, 7) is 1.64. The lowest BCUT2D eigenvalue weighted by Crippen LogP contribution is -2.51. The van der Waals surface area contributed by atoms with E-state index in [-0.39, 0.29) is 12.1 Å². The van der Waals surface area contributed by atoms with Crippen LogP contribution in [-0.4, -0.2) is 73.9 Å². The van der Waals surface area contributed by atoms with Crippen molar-refractivity contribution < 1.29 is 17.9 Å². The molecule has 1 unspecified atom stereocenters. The molecular formula is C19H27F3N4O. The van der Waals surface area contributed by atoms with Gasteiger partial charge in [0.15, 0.2) is 5.96 Å². The number of halogens is 3. The molecule has 2 aliphatic rings. The molecule has 3 rings (SSSR count). The van der Waals surface area contributed by atoms with Crippen molar-refractivity contribution >= 4 is 5.96 Å². The smallest absolute Gasteiger partial charge is 0.401 e. The maximum absolute atomic E-state index is 12.5. The first-order valence-electron chi connectivity index (χ1n) is 9.42. The van der Waals surface area contributed by atoms with Gasteiger partial charge in [-0.15, -0.1) is 0 Å². The molecule has 1 aromatic carbocycles. The first kappa shape index (κ1) is 19.8. The van der Waals surface area contributed by atoms with Gasteiger partial charge in [-0.3, -0.25) is 9.89 Å². The molecule has 0 aliphatic carbocycles. The quantitative estimate of drug-likeness (QED) is 0.640. The molecule has 0 radical (unpaired) electrons. The number of guanidine groups is 1. The van der Waals surface area contributed by atoms with Crippen LogP contribution < -0.4 is 10.1 Å². The van der Waals surface area contributed by atoms with Crippen LogP contribution in [0, 0.1) is 0 Å². The number of hydrogen-bond acceptors (Lipinski definition) is 3. The number of para-hydroxylation sites is 1. The fourth-order valence-electron chi connectivity index (χ4n) is 3.70. The molecule has 2 aliphatic heterocycles. The van der Waals surface area contributed by atoms with Gasteiger partial charge in [-0.05, 0) is 18.6 Å². The standard InChI is InChI=1S/C19H27F3N4O/c1-23-18(24-15-7-10-25(13-15)14-19(20,21)22)26-11-8-17(9-12-26)27-16-5-3-2-4-6-16/h2-6,15,17H,7-14H2,1H3,(H,23,24). The van der Waals surface area contributed by atoms with E-state index < -0.39 is 12.7 Å². The molecule has 0 aromatic heterocycles. The van der Waals surface area contributed by atoms with Crippen LogP contribution in [0.25, 0.3) is 0 Å². The van der Waals surface area contributed by atoms with Crippen molar-refractivity contribution in [1.82, 2.24) is 15.1 Å². The van der Waals surface area contributed by atoms with Crippen LogP contribution in [0.1, 0.15) is 19.3 Å². The topological polar surface area (TPSA) is 40.1 Å². The molecule has 1 N–H and O–H groups in total. The molecule has 0 saturated carbocycles. The lowest BCUT2D eigenvalue weighted by Gasteiger charge is -2.35. The molecule has 2 saturated heterocycles. The van der Waals surface area contributed by atoms with E-state index in [1.165, 1.54) is 4.90 Å². The second kappa shape index (κ2) is 8.82.